The van der Waals surface area contributed by atoms with Gasteiger partial charge in [-0.05, 0) is 13.0 Å². The van der Waals surface area contributed by atoms with E-state index in [-0.39, 0.29) is 62.2 Å². The molecule has 1 rings (SSSR count). The molecule has 7 heteroatoms. The molecule has 1 aromatic rings. The van der Waals surface area contributed by atoms with Crippen molar-refractivity contribution in [2.24, 2.45) is 0 Å². The quantitative estimate of drug-likeness (QED) is 0.453. The van der Waals surface area contributed by atoms with Crippen molar-refractivity contribution in [3.63, 3.8) is 0 Å². The molecule has 0 aliphatic heterocycles. The van der Waals surface area contributed by atoms with E-state index < -0.39 is 12.4 Å². The summed E-state index contributed by atoms with van der Waals surface area (Å²) in [6, 6.07) is 2.09. The predicted molar refractivity (Wildman–Crippen MR) is 42.7 cm³/mol. The third-order valence-corrected chi connectivity index (χ3v) is 1.66. The van der Waals surface area contributed by atoms with E-state index in [1.807, 2.05) is 0 Å². The zero-order chi connectivity index (χ0) is 9.35. The van der Waals surface area contributed by atoms with Gasteiger partial charge in [-0.2, -0.15) is 0 Å². The van der Waals surface area contributed by atoms with Crippen LogP contribution in [-0.4, -0.2) is 12.0 Å². The summed E-state index contributed by atoms with van der Waals surface area (Å²) in [5, 5.41) is 0.0799. The molecule has 0 atom stereocenters. The molecule has 0 amide bonds. The standard InChI is InChI=1S/C6H5BClF3N.K/c1-4-5(7(9,10)11)2-3-6(8)12-4;/h2-3H,1H3;/q-1;+1. The van der Waals surface area contributed by atoms with Gasteiger partial charge >= 0.3 is 58.4 Å². The number of hydrogen-bond donors (Lipinski definition) is 0. The molecule has 0 fully saturated rings. The van der Waals surface area contributed by atoms with Crippen molar-refractivity contribution >= 4 is 24.0 Å². The second-order valence-electron chi connectivity index (χ2n) is 2.38. The minimum Gasteiger partial charge on any atom is -0.445 e. The van der Waals surface area contributed by atoms with E-state index in [0.29, 0.717) is 0 Å². The maximum atomic E-state index is 12.2. The van der Waals surface area contributed by atoms with E-state index in [4.69, 9.17) is 11.6 Å². The monoisotopic (exact) mass is 233 g/mol. The van der Waals surface area contributed by atoms with E-state index in [1.165, 1.54) is 6.92 Å². The van der Waals surface area contributed by atoms with E-state index in [2.05, 4.69) is 4.98 Å². The van der Waals surface area contributed by atoms with Gasteiger partial charge < -0.3 is 12.9 Å². The van der Waals surface area contributed by atoms with Crippen LogP contribution in [0.2, 0.25) is 5.15 Å². The number of pyridine rings is 1. The van der Waals surface area contributed by atoms with Crippen LogP contribution in [-0.2, 0) is 0 Å². The van der Waals surface area contributed by atoms with Crippen LogP contribution in [0.4, 0.5) is 12.9 Å². The van der Waals surface area contributed by atoms with Crippen LogP contribution < -0.4 is 56.8 Å². The Balaban J connectivity index is 0.00000144. The van der Waals surface area contributed by atoms with Gasteiger partial charge in [-0.15, -0.1) is 0 Å². The molecule has 0 saturated heterocycles. The molecule has 0 spiro atoms. The summed E-state index contributed by atoms with van der Waals surface area (Å²) in [5.74, 6) is 0. The molecule has 0 bridgehead atoms. The summed E-state index contributed by atoms with van der Waals surface area (Å²) < 4.78 is 36.5. The van der Waals surface area contributed by atoms with Crippen molar-refractivity contribution in [2.75, 3.05) is 0 Å². The number of halogens is 4. The first-order valence-electron chi connectivity index (χ1n) is 3.24. The second-order valence-corrected chi connectivity index (χ2v) is 2.77. The second kappa shape index (κ2) is 5.14. The molecule has 13 heavy (non-hydrogen) atoms. The molecule has 0 unspecified atom stereocenters. The summed E-state index contributed by atoms with van der Waals surface area (Å²) in [6.07, 6.45) is 0. The normalized spacial score (nSPS) is 10.8. The average molecular weight is 233 g/mol. The molecular formula is C6H5BClF3KN. The summed E-state index contributed by atoms with van der Waals surface area (Å²) >= 11 is 5.40. The summed E-state index contributed by atoms with van der Waals surface area (Å²) in [6.45, 7) is -3.68. The van der Waals surface area contributed by atoms with Gasteiger partial charge in [0.15, 0.2) is 0 Å². The molecular weight excluding hydrogens is 228 g/mol. The predicted octanol–water partition coefficient (Wildman–Crippen LogP) is -0.898. The third-order valence-electron chi connectivity index (χ3n) is 1.45. The van der Waals surface area contributed by atoms with Crippen molar-refractivity contribution < 1.29 is 64.3 Å². The number of rotatable bonds is 1. The minimum atomic E-state index is -4.96. The Morgan fingerprint density at radius 2 is 1.85 bits per heavy atom. The maximum Gasteiger partial charge on any atom is 1.00 e. The largest absolute Gasteiger partial charge is 1.00 e. The van der Waals surface area contributed by atoms with Gasteiger partial charge in [-0.25, -0.2) is 4.98 Å². The smallest absolute Gasteiger partial charge is 0.445 e. The van der Waals surface area contributed by atoms with Gasteiger partial charge in [0.2, 0.25) is 0 Å². The van der Waals surface area contributed by atoms with Gasteiger partial charge in [-0.1, -0.05) is 23.1 Å². The Labute approximate surface area is 122 Å². The Bertz CT molecular complexity index is 304. The van der Waals surface area contributed by atoms with Crippen molar-refractivity contribution in [1.82, 2.24) is 4.98 Å². The van der Waals surface area contributed by atoms with Crippen molar-refractivity contribution in [1.29, 1.82) is 0 Å². The van der Waals surface area contributed by atoms with Gasteiger partial charge in [0.25, 0.3) is 0 Å². The van der Waals surface area contributed by atoms with Crippen LogP contribution >= 0.6 is 11.6 Å². The first-order chi connectivity index (χ1) is 5.41. The number of nitrogens with zero attached hydrogens (tertiary/aromatic N) is 1. The fraction of sp³-hybridized carbons (Fsp3) is 0.167. The molecule has 66 valence electrons. The third kappa shape index (κ3) is 3.89. The van der Waals surface area contributed by atoms with Crippen LogP contribution in [0.5, 0.6) is 0 Å². The van der Waals surface area contributed by atoms with Crippen LogP contribution in [0, 0.1) is 6.92 Å². The zero-order valence-electron chi connectivity index (χ0n) is 7.19. The molecule has 0 saturated carbocycles. The van der Waals surface area contributed by atoms with Crippen LogP contribution in [0.15, 0.2) is 12.1 Å². The van der Waals surface area contributed by atoms with Gasteiger partial charge in [0.05, 0.1) is 0 Å². The maximum absolute atomic E-state index is 12.2. The van der Waals surface area contributed by atoms with Crippen LogP contribution in [0.3, 0.4) is 0 Å². The van der Waals surface area contributed by atoms with E-state index in [9.17, 15) is 12.9 Å². The summed E-state index contributed by atoms with van der Waals surface area (Å²) in [5.41, 5.74) is -0.755. The fourth-order valence-electron chi connectivity index (χ4n) is 0.887. The topological polar surface area (TPSA) is 12.9 Å². The van der Waals surface area contributed by atoms with Crippen LogP contribution in [0.25, 0.3) is 0 Å². The van der Waals surface area contributed by atoms with Crippen molar-refractivity contribution in [3.05, 3.63) is 23.0 Å². The molecule has 0 N–H and O–H groups in total. The number of hydrogen-bond acceptors (Lipinski definition) is 1. The van der Waals surface area contributed by atoms with Crippen molar-refractivity contribution in [2.45, 2.75) is 6.92 Å². The number of aryl methyl sites for hydroxylation is 1. The first kappa shape index (κ1) is 13.9. The van der Waals surface area contributed by atoms with Crippen LogP contribution in [0.1, 0.15) is 5.69 Å². The molecule has 0 aliphatic rings. The Morgan fingerprint density at radius 3 is 2.23 bits per heavy atom. The summed E-state index contributed by atoms with van der Waals surface area (Å²) in [7, 11) is 0. The van der Waals surface area contributed by atoms with E-state index >= 15 is 0 Å². The van der Waals surface area contributed by atoms with Gasteiger partial charge in [0, 0.05) is 5.69 Å². The zero-order valence-corrected chi connectivity index (χ0v) is 11.1. The molecule has 0 radical (unpaired) electrons. The van der Waals surface area contributed by atoms with Crippen molar-refractivity contribution in [3.8, 4) is 0 Å². The Hall–Kier alpha value is 0.931. The number of aromatic nitrogens is 1. The fourth-order valence-corrected chi connectivity index (χ4v) is 1.08. The van der Waals surface area contributed by atoms with Gasteiger partial charge in [0.1, 0.15) is 5.15 Å². The molecule has 1 heterocycles. The van der Waals surface area contributed by atoms with E-state index in [1.54, 1.807) is 0 Å². The molecule has 1 nitrogen and oxygen atoms in total. The SMILES string of the molecule is Cc1nc(Cl)ccc1[B-](F)(F)F.[K+]. The van der Waals surface area contributed by atoms with E-state index in [0.717, 1.165) is 12.1 Å². The average Bonchev–Trinajstić information content (AvgIpc) is 1.83. The summed E-state index contributed by atoms with van der Waals surface area (Å²) in [4.78, 5) is 3.50. The Kier molecular flexibility index (Phi) is 5.50. The van der Waals surface area contributed by atoms with Gasteiger partial charge in [-0.3, -0.25) is 0 Å². The first-order valence-corrected chi connectivity index (χ1v) is 3.62. The minimum absolute atomic E-state index is 0. The molecule has 0 aliphatic carbocycles. The molecule has 1 aromatic heterocycles. The Morgan fingerprint density at radius 1 is 1.31 bits per heavy atom. The molecule has 0 aromatic carbocycles.